The fraction of sp³-hybridized carbons (Fsp3) is 0.385. The molecule has 0 heterocycles. The third kappa shape index (κ3) is 4.02. The predicted octanol–water partition coefficient (Wildman–Crippen LogP) is 3.62. The quantitative estimate of drug-likeness (QED) is 0.775. The Kier molecular flexibility index (Phi) is 5.65. The standard InChI is InChI=1S/C13H16Cl2N2O3/c1-3-13(2,11(18)19)7-16-12(20)17-10-8(14)5-4-6-9(10)15/h4-6H,3,7H2,1-2H3,(H,18,19)(H2,16,17,20). The van der Waals surface area contributed by atoms with Gasteiger partial charge in [0.2, 0.25) is 0 Å². The summed E-state index contributed by atoms with van der Waals surface area (Å²) in [6, 6.07) is 4.29. The molecule has 20 heavy (non-hydrogen) atoms. The zero-order valence-electron chi connectivity index (χ0n) is 11.2. The summed E-state index contributed by atoms with van der Waals surface area (Å²) in [5.74, 6) is -0.962. The molecule has 0 saturated carbocycles. The van der Waals surface area contributed by atoms with E-state index in [-0.39, 0.29) is 6.54 Å². The molecule has 2 amide bonds. The van der Waals surface area contributed by atoms with Crippen LogP contribution in [0.15, 0.2) is 18.2 Å². The second kappa shape index (κ2) is 6.81. The number of anilines is 1. The van der Waals surface area contributed by atoms with Crippen molar-refractivity contribution >= 4 is 40.9 Å². The highest BCUT2D eigenvalue weighted by Crippen LogP contribution is 2.29. The number of aliphatic carboxylic acids is 1. The van der Waals surface area contributed by atoms with Crippen molar-refractivity contribution < 1.29 is 14.7 Å². The topological polar surface area (TPSA) is 78.4 Å². The van der Waals surface area contributed by atoms with E-state index in [1.165, 1.54) is 0 Å². The van der Waals surface area contributed by atoms with Crippen LogP contribution in [0, 0.1) is 5.41 Å². The first-order chi connectivity index (χ1) is 9.30. The first-order valence-electron chi connectivity index (χ1n) is 6.02. The van der Waals surface area contributed by atoms with Crippen LogP contribution in [0.2, 0.25) is 10.0 Å². The second-order valence-electron chi connectivity index (χ2n) is 4.62. The van der Waals surface area contributed by atoms with Crippen LogP contribution >= 0.6 is 23.2 Å². The smallest absolute Gasteiger partial charge is 0.319 e. The molecule has 0 fully saturated rings. The molecule has 0 bridgehead atoms. The molecular formula is C13H16Cl2N2O3. The monoisotopic (exact) mass is 318 g/mol. The number of hydrogen-bond donors (Lipinski definition) is 3. The molecule has 110 valence electrons. The summed E-state index contributed by atoms with van der Waals surface area (Å²) in [4.78, 5) is 22.9. The van der Waals surface area contributed by atoms with Crippen LogP contribution in [0.5, 0.6) is 0 Å². The van der Waals surface area contributed by atoms with E-state index in [0.29, 0.717) is 22.2 Å². The third-order valence-electron chi connectivity index (χ3n) is 3.14. The van der Waals surface area contributed by atoms with Gasteiger partial charge in [-0.25, -0.2) is 4.79 Å². The van der Waals surface area contributed by atoms with E-state index in [0.717, 1.165) is 0 Å². The van der Waals surface area contributed by atoms with E-state index in [2.05, 4.69) is 10.6 Å². The van der Waals surface area contributed by atoms with Crippen molar-refractivity contribution in [1.82, 2.24) is 5.32 Å². The van der Waals surface area contributed by atoms with Gasteiger partial charge in [0.1, 0.15) is 0 Å². The number of rotatable bonds is 5. The Hall–Kier alpha value is -1.46. The molecule has 1 atom stereocenters. The molecule has 1 unspecified atom stereocenters. The zero-order valence-corrected chi connectivity index (χ0v) is 12.7. The highest BCUT2D eigenvalue weighted by atomic mass is 35.5. The van der Waals surface area contributed by atoms with E-state index in [9.17, 15) is 9.59 Å². The van der Waals surface area contributed by atoms with Gasteiger partial charge in [-0.15, -0.1) is 0 Å². The fourth-order valence-corrected chi connectivity index (χ4v) is 1.89. The van der Waals surface area contributed by atoms with Gasteiger partial charge in [0, 0.05) is 6.54 Å². The van der Waals surface area contributed by atoms with Crippen molar-refractivity contribution in [3.05, 3.63) is 28.2 Å². The number of carboxylic acids is 1. The van der Waals surface area contributed by atoms with Crippen molar-refractivity contribution in [2.45, 2.75) is 20.3 Å². The van der Waals surface area contributed by atoms with Crippen molar-refractivity contribution in [3.63, 3.8) is 0 Å². The number of halogens is 2. The number of para-hydroxylation sites is 1. The Bertz CT molecular complexity index is 502. The van der Waals surface area contributed by atoms with Gasteiger partial charge in [-0.2, -0.15) is 0 Å². The molecule has 7 heteroatoms. The predicted molar refractivity (Wildman–Crippen MR) is 79.5 cm³/mol. The summed E-state index contributed by atoms with van der Waals surface area (Å²) < 4.78 is 0. The zero-order chi connectivity index (χ0) is 15.3. The van der Waals surface area contributed by atoms with Gasteiger partial charge in [-0.1, -0.05) is 36.2 Å². The normalized spacial score (nSPS) is 13.4. The van der Waals surface area contributed by atoms with Crippen LogP contribution < -0.4 is 10.6 Å². The molecule has 3 N–H and O–H groups in total. The lowest BCUT2D eigenvalue weighted by molar-refractivity contribution is -0.147. The lowest BCUT2D eigenvalue weighted by Crippen LogP contribution is -2.42. The molecule has 0 saturated heterocycles. The number of urea groups is 1. The Morgan fingerprint density at radius 1 is 1.30 bits per heavy atom. The lowest BCUT2D eigenvalue weighted by atomic mass is 9.88. The first-order valence-corrected chi connectivity index (χ1v) is 6.78. The summed E-state index contributed by atoms with van der Waals surface area (Å²) in [7, 11) is 0. The maximum Gasteiger partial charge on any atom is 0.319 e. The van der Waals surface area contributed by atoms with Crippen molar-refractivity contribution in [2.75, 3.05) is 11.9 Å². The third-order valence-corrected chi connectivity index (χ3v) is 3.77. The molecule has 0 aliphatic rings. The summed E-state index contributed by atoms with van der Waals surface area (Å²) in [5.41, 5.74) is -0.719. The number of amides is 2. The minimum Gasteiger partial charge on any atom is -0.481 e. The highest BCUT2D eigenvalue weighted by molar-refractivity contribution is 6.39. The Morgan fingerprint density at radius 2 is 1.85 bits per heavy atom. The molecule has 0 radical (unpaired) electrons. The van der Waals surface area contributed by atoms with Gasteiger partial charge < -0.3 is 15.7 Å². The number of nitrogens with one attached hydrogen (secondary N) is 2. The van der Waals surface area contributed by atoms with Crippen LogP contribution in [-0.2, 0) is 4.79 Å². The van der Waals surface area contributed by atoms with Gasteiger partial charge in [0.15, 0.2) is 0 Å². The molecule has 0 aromatic heterocycles. The number of carbonyl (C=O) groups excluding carboxylic acids is 1. The molecule has 0 aliphatic heterocycles. The fourth-order valence-electron chi connectivity index (χ4n) is 1.40. The SMILES string of the molecule is CCC(C)(CNC(=O)Nc1c(Cl)cccc1Cl)C(=O)O. The maximum atomic E-state index is 11.8. The molecule has 1 rings (SSSR count). The van der Waals surface area contributed by atoms with E-state index in [4.69, 9.17) is 28.3 Å². The van der Waals surface area contributed by atoms with E-state index in [1.807, 2.05) is 0 Å². The van der Waals surface area contributed by atoms with Crippen LogP contribution in [0.25, 0.3) is 0 Å². The summed E-state index contributed by atoms with van der Waals surface area (Å²) >= 11 is 11.8. The molecule has 0 spiro atoms. The highest BCUT2D eigenvalue weighted by Gasteiger charge is 2.31. The molecule has 1 aromatic carbocycles. The molecule has 0 aliphatic carbocycles. The van der Waals surface area contributed by atoms with Crippen molar-refractivity contribution in [3.8, 4) is 0 Å². The average Bonchev–Trinajstić information content (AvgIpc) is 2.40. The molecule has 1 aromatic rings. The Morgan fingerprint density at radius 3 is 2.30 bits per heavy atom. The number of carboxylic acid groups (broad SMARTS) is 1. The van der Waals surface area contributed by atoms with Gasteiger partial charge in [0.25, 0.3) is 0 Å². The minimum atomic E-state index is -1.01. The minimum absolute atomic E-state index is 0.00668. The second-order valence-corrected chi connectivity index (χ2v) is 5.44. The van der Waals surface area contributed by atoms with Gasteiger partial charge in [-0.3, -0.25) is 4.79 Å². The van der Waals surface area contributed by atoms with E-state index in [1.54, 1.807) is 32.0 Å². The van der Waals surface area contributed by atoms with Crippen LogP contribution in [0.1, 0.15) is 20.3 Å². The van der Waals surface area contributed by atoms with Gasteiger partial charge in [-0.05, 0) is 25.5 Å². The van der Waals surface area contributed by atoms with Crippen LogP contribution in [0.4, 0.5) is 10.5 Å². The summed E-state index contributed by atoms with van der Waals surface area (Å²) in [6.07, 6.45) is 0.398. The largest absolute Gasteiger partial charge is 0.481 e. The molecular weight excluding hydrogens is 303 g/mol. The number of hydrogen-bond acceptors (Lipinski definition) is 2. The van der Waals surface area contributed by atoms with Gasteiger partial charge in [0.05, 0.1) is 21.1 Å². The summed E-state index contributed by atoms with van der Waals surface area (Å²) in [6.45, 7) is 3.32. The Labute approximate surface area is 127 Å². The lowest BCUT2D eigenvalue weighted by Gasteiger charge is -2.23. The van der Waals surface area contributed by atoms with Crippen molar-refractivity contribution in [2.24, 2.45) is 5.41 Å². The number of benzene rings is 1. The van der Waals surface area contributed by atoms with Crippen LogP contribution in [-0.4, -0.2) is 23.7 Å². The van der Waals surface area contributed by atoms with Crippen molar-refractivity contribution in [1.29, 1.82) is 0 Å². The molecule has 5 nitrogen and oxygen atoms in total. The van der Waals surface area contributed by atoms with E-state index < -0.39 is 17.4 Å². The number of carbonyl (C=O) groups is 2. The Balaban J connectivity index is 2.67. The first kappa shape index (κ1) is 16.6. The average molecular weight is 319 g/mol. The van der Waals surface area contributed by atoms with Crippen LogP contribution in [0.3, 0.4) is 0 Å². The van der Waals surface area contributed by atoms with Gasteiger partial charge >= 0.3 is 12.0 Å². The van der Waals surface area contributed by atoms with E-state index >= 15 is 0 Å². The maximum absolute atomic E-state index is 11.8. The summed E-state index contributed by atoms with van der Waals surface area (Å²) in [5, 5.41) is 14.7.